The number of para-hydroxylation sites is 2. The summed E-state index contributed by atoms with van der Waals surface area (Å²) in [4.78, 5) is 4.65. The Balaban J connectivity index is 1.60. The Labute approximate surface area is 175 Å². The van der Waals surface area contributed by atoms with Gasteiger partial charge in [-0.15, -0.1) is 0 Å². The van der Waals surface area contributed by atoms with Crippen LogP contribution in [0, 0.1) is 20.8 Å². The maximum atomic E-state index is 5.38. The highest BCUT2D eigenvalue weighted by molar-refractivity contribution is 8.16. The highest BCUT2D eigenvalue weighted by atomic mass is 32.2. The Hall–Kier alpha value is -3.12. The first-order valence-electron chi connectivity index (χ1n) is 9.43. The van der Waals surface area contributed by atoms with Gasteiger partial charge in [-0.2, -0.15) is 0 Å². The number of nitrogens with one attached hydrogen (secondary N) is 2. The first kappa shape index (κ1) is 19.2. The van der Waals surface area contributed by atoms with Gasteiger partial charge in [-0.1, -0.05) is 41.6 Å². The van der Waals surface area contributed by atoms with Crippen molar-refractivity contribution >= 4 is 28.3 Å². The summed E-state index contributed by atoms with van der Waals surface area (Å²) in [5, 5.41) is 2.86. The van der Waals surface area contributed by atoms with E-state index in [1.54, 1.807) is 18.9 Å². The van der Waals surface area contributed by atoms with Gasteiger partial charge in [0, 0.05) is 28.0 Å². The number of aromatic nitrogens is 1. The Morgan fingerprint density at radius 2 is 1.72 bits per heavy atom. The average molecular weight is 405 g/mol. The molecule has 1 aliphatic heterocycles. The van der Waals surface area contributed by atoms with Crippen LogP contribution >= 0.6 is 11.8 Å². The molecule has 2 aromatic carbocycles. The third kappa shape index (κ3) is 3.89. The topological polar surface area (TPSA) is 50.6 Å². The number of ether oxygens (including phenoxy) is 1. The second-order valence-corrected chi connectivity index (χ2v) is 7.80. The van der Waals surface area contributed by atoms with Crippen molar-refractivity contribution in [3.63, 3.8) is 0 Å². The fourth-order valence-electron chi connectivity index (χ4n) is 3.44. The van der Waals surface area contributed by atoms with Crippen molar-refractivity contribution in [3.05, 3.63) is 82.5 Å². The van der Waals surface area contributed by atoms with Gasteiger partial charge in [-0.05, 0) is 51.1 Å². The lowest BCUT2D eigenvalue weighted by atomic mass is 10.2. The van der Waals surface area contributed by atoms with E-state index >= 15 is 0 Å². The number of benzene rings is 2. The number of aliphatic imine (C=N–C) groups is 1. The molecular weight excluding hydrogens is 380 g/mol. The minimum absolute atomic E-state index is 0.749. The van der Waals surface area contributed by atoms with E-state index in [2.05, 4.69) is 76.9 Å². The third-order valence-corrected chi connectivity index (χ3v) is 5.68. The fourth-order valence-corrected chi connectivity index (χ4v) is 4.11. The molecule has 0 bridgehead atoms. The van der Waals surface area contributed by atoms with Crippen LogP contribution in [0.15, 0.2) is 65.0 Å². The maximum absolute atomic E-state index is 5.38. The summed E-state index contributed by atoms with van der Waals surface area (Å²) in [5.41, 5.74) is 14.3. The average Bonchev–Trinajstić information content (AvgIpc) is 3.04. The maximum Gasteiger partial charge on any atom is 0.185 e. The quantitative estimate of drug-likeness (QED) is 0.624. The molecule has 0 saturated carbocycles. The third-order valence-electron chi connectivity index (χ3n) is 4.91. The van der Waals surface area contributed by atoms with Crippen molar-refractivity contribution in [1.29, 1.82) is 0 Å². The molecule has 1 aromatic heterocycles. The van der Waals surface area contributed by atoms with Gasteiger partial charge in [0.1, 0.15) is 11.4 Å². The fraction of sp³-hybridized carbons (Fsp3) is 0.174. The number of rotatable bonds is 4. The smallest absolute Gasteiger partial charge is 0.185 e. The molecule has 29 heavy (non-hydrogen) atoms. The summed E-state index contributed by atoms with van der Waals surface area (Å²) in [7, 11) is 1.65. The van der Waals surface area contributed by atoms with Crippen LogP contribution in [0.25, 0.3) is 11.4 Å². The van der Waals surface area contributed by atoms with Crippen LogP contribution in [0.4, 0.5) is 5.69 Å². The molecule has 0 aliphatic carbocycles. The van der Waals surface area contributed by atoms with Gasteiger partial charge in [0.05, 0.1) is 12.8 Å². The van der Waals surface area contributed by atoms with Gasteiger partial charge < -0.3 is 9.30 Å². The van der Waals surface area contributed by atoms with Gasteiger partial charge in [0.15, 0.2) is 5.17 Å². The molecule has 1 aliphatic rings. The Bertz CT molecular complexity index is 1100. The van der Waals surface area contributed by atoms with Crippen LogP contribution in [-0.4, -0.2) is 16.8 Å². The van der Waals surface area contributed by atoms with Gasteiger partial charge in [-0.25, -0.2) is 4.99 Å². The second-order valence-electron chi connectivity index (χ2n) is 6.94. The van der Waals surface area contributed by atoms with E-state index in [0.717, 1.165) is 22.3 Å². The lowest BCUT2D eigenvalue weighted by Gasteiger charge is -2.19. The van der Waals surface area contributed by atoms with Crippen LogP contribution in [0.1, 0.15) is 22.5 Å². The first-order chi connectivity index (χ1) is 14.1. The SMILES string of the molecule is COc1ccccc1N=C1NNC(c2cc(C)n(-c3ccc(C)cc3)c2C)=CS1. The van der Waals surface area contributed by atoms with E-state index in [0.29, 0.717) is 0 Å². The van der Waals surface area contributed by atoms with E-state index in [1.165, 1.54) is 28.2 Å². The zero-order valence-electron chi connectivity index (χ0n) is 17.0. The highest BCUT2D eigenvalue weighted by Gasteiger charge is 2.17. The number of nitrogens with zero attached hydrogens (tertiary/aromatic N) is 2. The lowest BCUT2D eigenvalue weighted by Crippen LogP contribution is -2.36. The van der Waals surface area contributed by atoms with E-state index in [1.807, 2.05) is 24.3 Å². The van der Waals surface area contributed by atoms with Crippen molar-refractivity contribution in [2.24, 2.45) is 4.99 Å². The second kappa shape index (κ2) is 8.09. The summed E-state index contributed by atoms with van der Waals surface area (Å²) in [6.07, 6.45) is 0. The molecule has 0 saturated heterocycles. The number of amidine groups is 1. The predicted molar refractivity (Wildman–Crippen MR) is 122 cm³/mol. The van der Waals surface area contributed by atoms with Gasteiger partial charge in [0.2, 0.25) is 0 Å². The summed E-state index contributed by atoms with van der Waals surface area (Å²) >= 11 is 1.55. The first-order valence-corrected chi connectivity index (χ1v) is 10.3. The molecule has 6 heteroatoms. The van der Waals surface area contributed by atoms with Crippen LogP contribution < -0.4 is 15.6 Å². The van der Waals surface area contributed by atoms with Gasteiger partial charge >= 0.3 is 0 Å². The minimum Gasteiger partial charge on any atom is -0.494 e. The van der Waals surface area contributed by atoms with Crippen molar-refractivity contribution < 1.29 is 4.74 Å². The molecule has 0 amide bonds. The number of methoxy groups -OCH3 is 1. The minimum atomic E-state index is 0.749. The molecule has 0 fully saturated rings. The molecule has 2 N–H and O–H groups in total. The van der Waals surface area contributed by atoms with Gasteiger partial charge in [0.25, 0.3) is 0 Å². The predicted octanol–water partition coefficient (Wildman–Crippen LogP) is 5.24. The largest absolute Gasteiger partial charge is 0.494 e. The van der Waals surface area contributed by atoms with E-state index in [9.17, 15) is 0 Å². The summed E-state index contributed by atoms with van der Waals surface area (Å²) < 4.78 is 7.65. The van der Waals surface area contributed by atoms with Crippen molar-refractivity contribution in [2.75, 3.05) is 7.11 Å². The van der Waals surface area contributed by atoms with Crippen LogP contribution in [-0.2, 0) is 0 Å². The van der Waals surface area contributed by atoms with E-state index in [4.69, 9.17) is 4.74 Å². The lowest BCUT2D eigenvalue weighted by molar-refractivity contribution is 0.416. The Morgan fingerprint density at radius 1 is 0.966 bits per heavy atom. The molecule has 0 spiro atoms. The van der Waals surface area contributed by atoms with Crippen molar-refractivity contribution in [2.45, 2.75) is 20.8 Å². The number of hydrazine groups is 1. The molecule has 0 radical (unpaired) electrons. The molecule has 5 nitrogen and oxygen atoms in total. The Morgan fingerprint density at radius 3 is 2.41 bits per heavy atom. The molecule has 0 unspecified atom stereocenters. The molecule has 2 heterocycles. The molecular formula is C23H24N4OS. The summed E-state index contributed by atoms with van der Waals surface area (Å²) in [5.74, 6) is 0.749. The zero-order chi connectivity index (χ0) is 20.4. The van der Waals surface area contributed by atoms with Crippen LogP contribution in [0.5, 0.6) is 5.75 Å². The number of hydrogen-bond acceptors (Lipinski definition) is 4. The standard InChI is InChI=1S/C23H24N4OS/c1-15-9-11-18(12-10-15)27-16(2)13-19(17(27)3)21-14-29-23(26-25-21)24-20-7-5-6-8-22(20)28-4/h5-14,25H,1-4H3,(H,24,26). The van der Waals surface area contributed by atoms with Crippen molar-refractivity contribution in [3.8, 4) is 11.4 Å². The number of thioether (sulfide) groups is 1. The number of aryl methyl sites for hydroxylation is 2. The van der Waals surface area contributed by atoms with Crippen molar-refractivity contribution in [1.82, 2.24) is 15.4 Å². The highest BCUT2D eigenvalue weighted by Crippen LogP contribution is 2.31. The summed E-state index contributed by atoms with van der Waals surface area (Å²) in [6.45, 7) is 6.39. The summed E-state index contributed by atoms with van der Waals surface area (Å²) in [6, 6.07) is 18.5. The monoisotopic (exact) mass is 404 g/mol. The zero-order valence-corrected chi connectivity index (χ0v) is 17.8. The normalized spacial score (nSPS) is 14.9. The van der Waals surface area contributed by atoms with Crippen LogP contribution in [0.3, 0.4) is 0 Å². The molecule has 3 aromatic rings. The molecule has 148 valence electrons. The van der Waals surface area contributed by atoms with Gasteiger partial charge in [-0.3, -0.25) is 10.9 Å². The van der Waals surface area contributed by atoms with E-state index < -0.39 is 0 Å². The van der Waals surface area contributed by atoms with Crippen LogP contribution in [0.2, 0.25) is 0 Å². The molecule has 0 atom stereocenters. The molecule has 4 rings (SSSR count). The van der Waals surface area contributed by atoms with E-state index in [-0.39, 0.29) is 0 Å². The Kier molecular flexibility index (Phi) is 5.36. The number of hydrogen-bond donors (Lipinski definition) is 2.